The second-order valence-electron chi connectivity index (χ2n) is 8.30. The van der Waals surface area contributed by atoms with Crippen molar-refractivity contribution in [2.24, 2.45) is 0 Å². The van der Waals surface area contributed by atoms with Gasteiger partial charge < -0.3 is 69.6 Å². The van der Waals surface area contributed by atoms with Gasteiger partial charge in [-0.05, 0) is 13.8 Å². The molecule has 0 aliphatic carbocycles. The molecule has 0 unspecified atom stereocenters. The van der Waals surface area contributed by atoms with Crippen molar-refractivity contribution in [1.29, 1.82) is 0 Å². The Bertz CT molecular complexity index is 574. The Hall–Kier alpha value is -0.560. The van der Waals surface area contributed by atoms with Gasteiger partial charge in [-0.2, -0.15) is 0 Å². The Kier molecular flexibility index (Phi) is 8.44. The highest BCUT2D eigenvalue weighted by molar-refractivity contribution is 4.95. The van der Waals surface area contributed by atoms with Crippen molar-refractivity contribution in [3.8, 4) is 0 Å². The molecular formula is C18H32O14. The summed E-state index contributed by atoms with van der Waals surface area (Å²) in [4.78, 5) is 0. The topological polar surface area (TPSA) is 228 Å². The van der Waals surface area contributed by atoms with E-state index < -0.39 is 98.7 Å². The lowest BCUT2D eigenvalue weighted by Gasteiger charge is -2.48. The van der Waals surface area contributed by atoms with Gasteiger partial charge in [0.1, 0.15) is 61.0 Å². The second kappa shape index (κ2) is 10.4. The molecule has 3 heterocycles. The van der Waals surface area contributed by atoms with E-state index in [1.54, 1.807) is 0 Å². The van der Waals surface area contributed by atoms with Gasteiger partial charge in [0.25, 0.3) is 0 Å². The first kappa shape index (κ1) is 26.1. The summed E-state index contributed by atoms with van der Waals surface area (Å²) in [6, 6.07) is 0. The first-order chi connectivity index (χ1) is 15.0. The Balaban J connectivity index is 1.82. The van der Waals surface area contributed by atoms with Gasteiger partial charge in [0.2, 0.25) is 0 Å². The highest BCUT2D eigenvalue weighted by Gasteiger charge is 2.53. The molecule has 0 saturated carbocycles. The van der Waals surface area contributed by atoms with Gasteiger partial charge in [0, 0.05) is 0 Å². The maximum atomic E-state index is 10.5. The van der Waals surface area contributed by atoms with Crippen molar-refractivity contribution in [3.63, 3.8) is 0 Å². The van der Waals surface area contributed by atoms with Crippen LogP contribution in [0.25, 0.3) is 0 Å². The van der Waals surface area contributed by atoms with Gasteiger partial charge in [-0.1, -0.05) is 0 Å². The monoisotopic (exact) mass is 472 g/mol. The fourth-order valence-electron chi connectivity index (χ4n) is 3.94. The van der Waals surface area contributed by atoms with E-state index in [1.807, 2.05) is 0 Å². The van der Waals surface area contributed by atoms with E-state index >= 15 is 0 Å². The molecule has 3 aliphatic heterocycles. The van der Waals surface area contributed by atoms with Crippen LogP contribution in [0.2, 0.25) is 0 Å². The van der Waals surface area contributed by atoms with Crippen LogP contribution in [0.4, 0.5) is 0 Å². The quantitative estimate of drug-likeness (QED) is 0.182. The lowest BCUT2D eigenvalue weighted by molar-refractivity contribution is -0.381. The summed E-state index contributed by atoms with van der Waals surface area (Å²) in [6.45, 7) is 2.10. The van der Waals surface area contributed by atoms with Crippen molar-refractivity contribution in [1.82, 2.24) is 0 Å². The molecule has 3 fully saturated rings. The number of ether oxygens (including phenoxy) is 5. The molecule has 0 bridgehead atoms. The van der Waals surface area contributed by atoms with Gasteiger partial charge in [0.15, 0.2) is 18.9 Å². The first-order valence-corrected chi connectivity index (χ1v) is 10.3. The minimum absolute atomic E-state index is 0.732. The summed E-state index contributed by atoms with van der Waals surface area (Å²) in [7, 11) is 0. The van der Waals surface area contributed by atoms with Crippen molar-refractivity contribution >= 4 is 0 Å². The van der Waals surface area contributed by atoms with Crippen molar-refractivity contribution < 1.29 is 69.6 Å². The SMILES string of the molecule is C[C@@H]1O[C@@H](O[C@@H]2[C@@H](O)[C@@H](O)O[C@H](CO)[C@@H]2O[C@@H]2O[C@@H](C)[C@@H](O)[C@@H](O)[C@@H]2O)[C@@H](O)[C@H](O)[C@@H]1O. The van der Waals surface area contributed by atoms with Crippen LogP contribution in [0.15, 0.2) is 0 Å². The molecule has 0 aromatic carbocycles. The van der Waals surface area contributed by atoms with Crippen molar-refractivity contribution in [2.75, 3.05) is 6.61 Å². The molecule has 15 atom stereocenters. The van der Waals surface area contributed by atoms with Crippen LogP contribution in [0.3, 0.4) is 0 Å². The molecule has 0 spiro atoms. The number of hydrogen-bond acceptors (Lipinski definition) is 14. The zero-order valence-electron chi connectivity index (χ0n) is 17.4. The van der Waals surface area contributed by atoms with E-state index in [-0.39, 0.29) is 0 Å². The molecule has 3 saturated heterocycles. The Morgan fingerprint density at radius 1 is 0.562 bits per heavy atom. The number of hydrogen-bond donors (Lipinski definition) is 9. The molecule has 0 aromatic heterocycles. The van der Waals surface area contributed by atoms with E-state index in [1.165, 1.54) is 13.8 Å². The van der Waals surface area contributed by atoms with Gasteiger partial charge >= 0.3 is 0 Å². The molecule has 14 heteroatoms. The maximum absolute atomic E-state index is 10.5. The van der Waals surface area contributed by atoms with Gasteiger partial charge in [-0.25, -0.2) is 0 Å². The minimum atomic E-state index is -1.84. The van der Waals surface area contributed by atoms with Crippen LogP contribution < -0.4 is 0 Å². The smallest absolute Gasteiger partial charge is 0.187 e. The molecule has 3 aliphatic rings. The fourth-order valence-corrected chi connectivity index (χ4v) is 3.94. The van der Waals surface area contributed by atoms with Crippen LogP contribution >= 0.6 is 0 Å². The standard InChI is InChI=1S/C18H32O14/c1-4-7(20)9(22)11(24)17(28-4)31-14-6(3-19)30-16(27)13(26)15(14)32-18-12(25)10(23)8(21)5(2)29-18/h4-27H,3H2,1-2H3/t4-,5-,6+,7+,8+,9+,10+,11-,12-,13+,14-,15+,16-,17-,18-/m0/s1. The highest BCUT2D eigenvalue weighted by Crippen LogP contribution is 2.32. The summed E-state index contributed by atoms with van der Waals surface area (Å²) in [5, 5.41) is 90.3. The summed E-state index contributed by atoms with van der Waals surface area (Å²) in [5.74, 6) is 0. The average molecular weight is 472 g/mol. The number of aliphatic hydroxyl groups is 9. The maximum Gasteiger partial charge on any atom is 0.187 e. The van der Waals surface area contributed by atoms with E-state index in [9.17, 15) is 46.0 Å². The lowest BCUT2D eigenvalue weighted by Crippen LogP contribution is -2.66. The van der Waals surface area contributed by atoms with Crippen molar-refractivity contribution in [2.45, 2.75) is 106 Å². The predicted molar refractivity (Wildman–Crippen MR) is 98.4 cm³/mol. The minimum Gasteiger partial charge on any atom is -0.394 e. The zero-order valence-corrected chi connectivity index (χ0v) is 17.4. The number of aliphatic hydroxyl groups excluding tert-OH is 9. The molecule has 0 aromatic rings. The molecule has 0 radical (unpaired) electrons. The summed E-state index contributed by atoms with van der Waals surface area (Å²) >= 11 is 0. The molecule has 3 rings (SSSR count). The normalized spacial score (nSPS) is 55.0. The van der Waals surface area contributed by atoms with E-state index in [4.69, 9.17) is 23.7 Å². The van der Waals surface area contributed by atoms with Crippen LogP contribution in [-0.4, -0.2) is 145 Å². The number of rotatable bonds is 5. The molecule has 32 heavy (non-hydrogen) atoms. The third kappa shape index (κ3) is 4.94. The van der Waals surface area contributed by atoms with Crippen LogP contribution in [0, 0.1) is 0 Å². The summed E-state index contributed by atoms with van der Waals surface area (Å²) < 4.78 is 27.1. The first-order valence-electron chi connectivity index (χ1n) is 10.3. The Labute approximate surface area is 183 Å². The van der Waals surface area contributed by atoms with Crippen LogP contribution in [0.5, 0.6) is 0 Å². The largest absolute Gasteiger partial charge is 0.394 e. The van der Waals surface area contributed by atoms with Gasteiger partial charge in [-0.3, -0.25) is 0 Å². The second-order valence-corrected chi connectivity index (χ2v) is 8.30. The Morgan fingerprint density at radius 2 is 1.00 bits per heavy atom. The van der Waals surface area contributed by atoms with Gasteiger partial charge in [-0.15, -0.1) is 0 Å². The predicted octanol–water partition coefficient (Wildman–Crippen LogP) is -5.52. The molecule has 14 nitrogen and oxygen atoms in total. The third-order valence-electron chi connectivity index (χ3n) is 6.01. The molecule has 188 valence electrons. The van der Waals surface area contributed by atoms with Crippen LogP contribution in [0.1, 0.15) is 13.8 Å². The average Bonchev–Trinajstić information content (AvgIpc) is 2.76. The van der Waals surface area contributed by atoms with E-state index in [0.717, 1.165) is 0 Å². The van der Waals surface area contributed by atoms with Crippen LogP contribution in [-0.2, 0) is 23.7 Å². The molecule has 0 amide bonds. The lowest BCUT2D eigenvalue weighted by atomic mass is 9.96. The van der Waals surface area contributed by atoms with E-state index in [0.29, 0.717) is 0 Å². The molecule has 9 N–H and O–H groups in total. The third-order valence-corrected chi connectivity index (χ3v) is 6.01. The summed E-state index contributed by atoms with van der Waals surface area (Å²) in [6.07, 6.45) is -22.5. The van der Waals surface area contributed by atoms with E-state index in [2.05, 4.69) is 0 Å². The Morgan fingerprint density at radius 3 is 1.44 bits per heavy atom. The zero-order chi connectivity index (χ0) is 23.9. The van der Waals surface area contributed by atoms with Gasteiger partial charge in [0.05, 0.1) is 18.8 Å². The fraction of sp³-hybridized carbons (Fsp3) is 1.00. The van der Waals surface area contributed by atoms with Crippen molar-refractivity contribution in [3.05, 3.63) is 0 Å². The summed E-state index contributed by atoms with van der Waals surface area (Å²) in [5.41, 5.74) is 0. The molecular weight excluding hydrogens is 440 g/mol. The highest BCUT2D eigenvalue weighted by atomic mass is 16.8.